The van der Waals surface area contributed by atoms with Gasteiger partial charge < -0.3 is 5.32 Å². The molecular weight excluding hydrogens is 238 g/mol. The van der Waals surface area contributed by atoms with Crippen molar-refractivity contribution in [1.29, 1.82) is 0 Å². The quantitative estimate of drug-likeness (QED) is 0.637. The average Bonchev–Trinajstić information content (AvgIpc) is 2.98. The monoisotopic (exact) mass is 257 g/mol. The van der Waals surface area contributed by atoms with Crippen LogP contribution in [0.15, 0.2) is 42.7 Å². The number of rotatable bonds is 6. The van der Waals surface area contributed by atoms with E-state index in [1.807, 2.05) is 19.1 Å². The van der Waals surface area contributed by atoms with E-state index >= 15 is 0 Å². The lowest BCUT2D eigenvalue weighted by atomic mass is 10.1. The van der Waals surface area contributed by atoms with E-state index in [4.69, 9.17) is 0 Å². The number of hydrogen-bond donors (Lipinski definition) is 1. The minimum absolute atomic E-state index is 0.307. The first-order valence-corrected chi connectivity index (χ1v) is 6.49. The maximum atomic E-state index is 3.90. The number of benzene rings is 1. The molecule has 0 aliphatic rings. The summed E-state index contributed by atoms with van der Waals surface area (Å²) in [5.41, 5.74) is 2.21. The van der Waals surface area contributed by atoms with Crippen molar-refractivity contribution < 1.29 is 0 Å². The molecule has 2 aromatic rings. The van der Waals surface area contributed by atoms with Gasteiger partial charge in [0.25, 0.3) is 0 Å². The molecule has 0 spiro atoms. The van der Waals surface area contributed by atoms with E-state index in [1.54, 1.807) is 11.0 Å². The SMILES string of the molecule is C/C=C/CCNC(C)c1cccc(-n2cnnn2)c1. The fraction of sp³-hybridized carbons (Fsp3) is 0.357. The molecule has 0 saturated carbocycles. The molecule has 1 aromatic heterocycles. The molecule has 19 heavy (non-hydrogen) atoms. The Labute approximate surface area is 113 Å². The number of allylic oxidation sites excluding steroid dienone is 1. The smallest absolute Gasteiger partial charge is 0.143 e. The van der Waals surface area contributed by atoms with Crippen LogP contribution in [-0.2, 0) is 0 Å². The van der Waals surface area contributed by atoms with Gasteiger partial charge in [-0.1, -0.05) is 24.3 Å². The van der Waals surface area contributed by atoms with Crippen LogP contribution in [0.1, 0.15) is 31.9 Å². The van der Waals surface area contributed by atoms with Gasteiger partial charge in [0.1, 0.15) is 6.33 Å². The van der Waals surface area contributed by atoms with Crippen LogP contribution in [0.25, 0.3) is 5.69 Å². The second kappa shape index (κ2) is 6.80. The van der Waals surface area contributed by atoms with Gasteiger partial charge in [0.2, 0.25) is 0 Å². The zero-order chi connectivity index (χ0) is 13.5. The number of nitrogens with zero attached hydrogens (tertiary/aromatic N) is 4. The first-order valence-electron chi connectivity index (χ1n) is 6.49. The molecule has 1 unspecified atom stereocenters. The standard InChI is InChI=1S/C14H19N5/c1-3-4-5-9-15-12(2)13-7-6-8-14(10-13)19-11-16-17-18-19/h3-4,6-8,10-12,15H,5,9H2,1-2H3/b4-3+. The van der Waals surface area contributed by atoms with Gasteiger partial charge >= 0.3 is 0 Å². The van der Waals surface area contributed by atoms with Gasteiger partial charge in [-0.2, -0.15) is 0 Å². The molecule has 5 nitrogen and oxygen atoms in total. The highest BCUT2D eigenvalue weighted by atomic mass is 15.5. The normalized spacial score (nSPS) is 12.9. The van der Waals surface area contributed by atoms with E-state index in [0.29, 0.717) is 6.04 Å². The second-order valence-corrected chi connectivity index (χ2v) is 4.38. The molecule has 0 radical (unpaired) electrons. The minimum Gasteiger partial charge on any atom is -0.310 e. The Hall–Kier alpha value is -2.01. The topological polar surface area (TPSA) is 55.6 Å². The Balaban J connectivity index is 2.02. The molecule has 0 aliphatic carbocycles. The van der Waals surface area contributed by atoms with Crippen LogP contribution >= 0.6 is 0 Å². The van der Waals surface area contributed by atoms with E-state index in [1.165, 1.54) is 5.56 Å². The van der Waals surface area contributed by atoms with Crippen molar-refractivity contribution in [1.82, 2.24) is 25.5 Å². The van der Waals surface area contributed by atoms with Gasteiger partial charge in [-0.05, 0) is 54.9 Å². The summed E-state index contributed by atoms with van der Waals surface area (Å²) >= 11 is 0. The number of aromatic nitrogens is 4. The third-order valence-corrected chi connectivity index (χ3v) is 2.98. The fourth-order valence-electron chi connectivity index (χ4n) is 1.88. The molecule has 2 rings (SSSR count). The van der Waals surface area contributed by atoms with Crippen LogP contribution < -0.4 is 5.32 Å². The maximum absolute atomic E-state index is 3.90. The molecular formula is C14H19N5. The number of hydrogen-bond acceptors (Lipinski definition) is 4. The van der Waals surface area contributed by atoms with Crippen LogP contribution in [0.2, 0.25) is 0 Å². The molecule has 5 heteroatoms. The van der Waals surface area contributed by atoms with Crippen molar-refractivity contribution >= 4 is 0 Å². The highest BCUT2D eigenvalue weighted by Gasteiger charge is 2.06. The van der Waals surface area contributed by atoms with Crippen molar-refractivity contribution in [2.75, 3.05) is 6.54 Å². The molecule has 1 N–H and O–H groups in total. The van der Waals surface area contributed by atoms with Gasteiger partial charge in [-0.3, -0.25) is 0 Å². The largest absolute Gasteiger partial charge is 0.310 e. The highest BCUT2D eigenvalue weighted by Crippen LogP contribution is 2.15. The van der Waals surface area contributed by atoms with Gasteiger partial charge in [0.05, 0.1) is 5.69 Å². The Morgan fingerprint density at radius 2 is 2.32 bits per heavy atom. The molecule has 1 aromatic carbocycles. The van der Waals surface area contributed by atoms with E-state index < -0.39 is 0 Å². The van der Waals surface area contributed by atoms with Crippen molar-refractivity contribution in [3.05, 3.63) is 48.3 Å². The van der Waals surface area contributed by atoms with Gasteiger partial charge in [0.15, 0.2) is 0 Å². The predicted octanol–water partition coefficient (Wildman–Crippen LogP) is 2.28. The highest BCUT2D eigenvalue weighted by molar-refractivity contribution is 5.35. The number of tetrazole rings is 1. The van der Waals surface area contributed by atoms with Crippen LogP contribution in [-0.4, -0.2) is 26.8 Å². The Bertz CT molecular complexity index is 518. The summed E-state index contributed by atoms with van der Waals surface area (Å²) in [5.74, 6) is 0. The van der Waals surface area contributed by atoms with Crippen LogP contribution in [0, 0.1) is 0 Å². The van der Waals surface area contributed by atoms with Crippen molar-refractivity contribution in [3.8, 4) is 5.69 Å². The van der Waals surface area contributed by atoms with Crippen LogP contribution in [0.3, 0.4) is 0 Å². The molecule has 100 valence electrons. The maximum Gasteiger partial charge on any atom is 0.143 e. The third kappa shape index (κ3) is 3.72. The summed E-state index contributed by atoms with van der Waals surface area (Å²) in [6.07, 6.45) is 6.89. The van der Waals surface area contributed by atoms with Crippen molar-refractivity contribution in [3.63, 3.8) is 0 Å². The zero-order valence-electron chi connectivity index (χ0n) is 11.3. The average molecular weight is 257 g/mol. The summed E-state index contributed by atoms with van der Waals surface area (Å²) in [4.78, 5) is 0. The van der Waals surface area contributed by atoms with E-state index in [-0.39, 0.29) is 0 Å². The van der Waals surface area contributed by atoms with E-state index in [9.17, 15) is 0 Å². The second-order valence-electron chi connectivity index (χ2n) is 4.38. The molecule has 0 amide bonds. The summed E-state index contributed by atoms with van der Waals surface area (Å²) in [6, 6.07) is 8.54. The molecule has 1 atom stereocenters. The first kappa shape index (κ1) is 13.4. The van der Waals surface area contributed by atoms with Crippen LogP contribution in [0.5, 0.6) is 0 Å². The van der Waals surface area contributed by atoms with E-state index in [2.05, 4.69) is 52.1 Å². The first-order chi connectivity index (χ1) is 9.31. The van der Waals surface area contributed by atoms with Crippen LogP contribution in [0.4, 0.5) is 0 Å². The van der Waals surface area contributed by atoms with Gasteiger partial charge in [-0.15, -0.1) is 5.10 Å². The molecule has 0 saturated heterocycles. The number of nitrogens with one attached hydrogen (secondary N) is 1. The summed E-state index contributed by atoms with van der Waals surface area (Å²) in [5, 5.41) is 14.7. The van der Waals surface area contributed by atoms with Crippen molar-refractivity contribution in [2.45, 2.75) is 26.3 Å². The van der Waals surface area contributed by atoms with Crippen molar-refractivity contribution in [2.24, 2.45) is 0 Å². The summed E-state index contributed by atoms with van der Waals surface area (Å²) in [6.45, 7) is 5.17. The Morgan fingerprint density at radius 3 is 3.05 bits per heavy atom. The fourth-order valence-corrected chi connectivity index (χ4v) is 1.88. The van der Waals surface area contributed by atoms with Gasteiger partial charge in [-0.25, -0.2) is 4.68 Å². The lowest BCUT2D eigenvalue weighted by molar-refractivity contribution is 0.580. The minimum atomic E-state index is 0.307. The molecule has 0 fully saturated rings. The summed E-state index contributed by atoms with van der Waals surface area (Å²) in [7, 11) is 0. The Morgan fingerprint density at radius 1 is 1.42 bits per heavy atom. The zero-order valence-corrected chi connectivity index (χ0v) is 11.3. The lowest BCUT2D eigenvalue weighted by Gasteiger charge is -2.14. The molecule has 1 heterocycles. The Kier molecular flexibility index (Phi) is 4.80. The summed E-state index contributed by atoms with van der Waals surface area (Å²) < 4.78 is 1.66. The van der Waals surface area contributed by atoms with Gasteiger partial charge in [0, 0.05) is 6.04 Å². The predicted molar refractivity (Wildman–Crippen MR) is 75.0 cm³/mol. The molecule has 0 bridgehead atoms. The third-order valence-electron chi connectivity index (χ3n) is 2.98. The van der Waals surface area contributed by atoms with E-state index in [0.717, 1.165) is 18.7 Å². The molecule has 0 aliphatic heterocycles. The lowest BCUT2D eigenvalue weighted by Crippen LogP contribution is -2.19.